The van der Waals surface area contributed by atoms with Crippen LogP contribution in [0.1, 0.15) is 19.8 Å². The summed E-state index contributed by atoms with van der Waals surface area (Å²) in [5.41, 5.74) is 6.56. The first-order valence-electron chi connectivity index (χ1n) is 7.23. The van der Waals surface area contributed by atoms with Gasteiger partial charge in [0.25, 0.3) is 0 Å². The van der Waals surface area contributed by atoms with Gasteiger partial charge in [-0.3, -0.25) is 4.79 Å². The Morgan fingerprint density at radius 1 is 1.33 bits per heavy atom. The van der Waals surface area contributed by atoms with Crippen LogP contribution < -0.4 is 16.4 Å². The molecule has 2 rings (SSSR count). The van der Waals surface area contributed by atoms with E-state index in [9.17, 15) is 9.59 Å². The van der Waals surface area contributed by atoms with Crippen molar-refractivity contribution in [2.24, 2.45) is 5.73 Å². The predicted molar refractivity (Wildman–Crippen MR) is 81.8 cm³/mol. The number of carbonyl (C=O) groups is 2. The first kappa shape index (κ1) is 15.3. The summed E-state index contributed by atoms with van der Waals surface area (Å²) < 4.78 is 0. The Morgan fingerprint density at radius 2 is 2.05 bits per heavy atom. The maximum absolute atomic E-state index is 12.3. The molecular formula is C15H22N4O2. The van der Waals surface area contributed by atoms with Gasteiger partial charge in [-0.25, -0.2) is 4.79 Å². The second-order valence-electron chi connectivity index (χ2n) is 5.37. The molecule has 1 heterocycles. The van der Waals surface area contributed by atoms with Crippen LogP contribution in [0.15, 0.2) is 30.3 Å². The Morgan fingerprint density at radius 3 is 2.71 bits per heavy atom. The van der Waals surface area contributed by atoms with Crippen LogP contribution in [0.2, 0.25) is 0 Å². The summed E-state index contributed by atoms with van der Waals surface area (Å²) in [6.45, 7) is 2.96. The first-order valence-corrected chi connectivity index (χ1v) is 7.23. The fourth-order valence-corrected chi connectivity index (χ4v) is 2.43. The van der Waals surface area contributed by atoms with Crippen molar-refractivity contribution in [1.82, 2.24) is 10.2 Å². The number of hydrogen-bond acceptors (Lipinski definition) is 3. The highest BCUT2D eigenvalue weighted by Gasteiger charge is 2.26. The molecule has 4 N–H and O–H groups in total. The third-order valence-electron chi connectivity index (χ3n) is 3.52. The molecule has 2 atom stereocenters. The van der Waals surface area contributed by atoms with Crippen molar-refractivity contribution < 1.29 is 9.59 Å². The Balaban J connectivity index is 1.84. The lowest BCUT2D eigenvalue weighted by atomic mass is 10.1. The highest BCUT2D eigenvalue weighted by Crippen LogP contribution is 2.10. The number of hydrogen-bond donors (Lipinski definition) is 3. The van der Waals surface area contributed by atoms with E-state index in [1.54, 1.807) is 24.0 Å². The summed E-state index contributed by atoms with van der Waals surface area (Å²) in [5, 5.41) is 5.35. The normalized spacial score (nSPS) is 19.7. The van der Waals surface area contributed by atoms with Crippen molar-refractivity contribution in [3.63, 3.8) is 0 Å². The summed E-state index contributed by atoms with van der Waals surface area (Å²) in [7, 11) is 0. The summed E-state index contributed by atoms with van der Waals surface area (Å²) in [6, 6.07) is 8.19. The SMILES string of the molecule is CC(NC(=O)Nc1ccccc1)C(=O)N1CCCC(N)C1. The topological polar surface area (TPSA) is 87.5 Å². The predicted octanol–water partition coefficient (Wildman–Crippen LogP) is 1.15. The zero-order valence-electron chi connectivity index (χ0n) is 12.2. The molecule has 0 aliphatic carbocycles. The van der Waals surface area contributed by atoms with Gasteiger partial charge in [-0.15, -0.1) is 0 Å². The number of carbonyl (C=O) groups excluding carboxylic acids is 2. The van der Waals surface area contributed by atoms with Crippen molar-refractivity contribution >= 4 is 17.6 Å². The number of rotatable bonds is 3. The average Bonchev–Trinajstić information content (AvgIpc) is 2.47. The highest BCUT2D eigenvalue weighted by molar-refractivity contribution is 5.93. The van der Waals surface area contributed by atoms with Gasteiger partial charge in [-0.2, -0.15) is 0 Å². The summed E-state index contributed by atoms with van der Waals surface area (Å²) >= 11 is 0. The lowest BCUT2D eigenvalue weighted by Gasteiger charge is -2.32. The number of anilines is 1. The van der Waals surface area contributed by atoms with Crippen LogP contribution in [0.5, 0.6) is 0 Å². The third kappa shape index (κ3) is 4.46. The second kappa shape index (κ2) is 7.08. The fraction of sp³-hybridized carbons (Fsp3) is 0.467. The Kier molecular flexibility index (Phi) is 5.16. The largest absolute Gasteiger partial charge is 0.339 e. The van der Waals surface area contributed by atoms with Gasteiger partial charge in [0.15, 0.2) is 0 Å². The molecule has 1 aliphatic heterocycles. The van der Waals surface area contributed by atoms with Crippen LogP contribution in [0.3, 0.4) is 0 Å². The van der Waals surface area contributed by atoms with E-state index in [-0.39, 0.29) is 18.0 Å². The van der Waals surface area contributed by atoms with E-state index >= 15 is 0 Å². The number of nitrogens with one attached hydrogen (secondary N) is 2. The first-order chi connectivity index (χ1) is 10.1. The van der Waals surface area contributed by atoms with Crippen molar-refractivity contribution in [1.29, 1.82) is 0 Å². The van der Waals surface area contributed by atoms with Gasteiger partial charge in [0, 0.05) is 24.8 Å². The number of nitrogens with two attached hydrogens (primary N) is 1. The van der Waals surface area contributed by atoms with E-state index in [4.69, 9.17) is 5.73 Å². The minimum Gasteiger partial charge on any atom is -0.339 e. The molecule has 2 unspecified atom stereocenters. The van der Waals surface area contributed by atoms with E-state index in [0.29, 0.717) is 18.8 Å². The lowest BCUT2D eigenvalue weighted by Crippen LogP contribution is -2.53. The molecule has 6 nitrogen and oxygen atoms in total. The van der Waals surface area contributed by atoms with E-state index < -0.39 is 6.04 Å². The van der Waals surface area contributed by atoms with Crippen LogP contribution >= 0.6 is 0 Å². The molecular weight excluding hydrogens is 268 g/mol. The number of amides is 3. The molecule has 0 spiro atoms. The minimum absolute atomic E-state index is 0.0352. The molecule has 114 valence electrons. The van der Waals surface area contributed by atoms with Gasteiger partial charge in [0.05, 0.1) is 0 Å². The quantitative estimate of drug-likeness (QED) is 0.780. The van der Waals surface area contributed by atoms with E-state index in [2.05, 4.69) is 10.6 Å². The van der Waals surface area contributed by atoms with Gasteiger partial charge in [0.1, 0.15) is 6.04 Å². The van der Waals surface area contributed by atoms with E-state index in [0.717, 1.165) is 12.8 Å². The van der Waals surface area contributed by atoms with Gasteiger partial charge in [-0.05, 0) is 31.9 Å². The molecule has 1 aromatic carbocycles. The van der Waals surface area contributed by atoms with Crippen molar-refractivity contribution in [3.8, 4) is 0 Å². The Bertz CT molecular complexity index is 492. The monoisotopic (exact) mass is 290 g/mol. The summed E-state index contributed by atoms with van der Waals surface area (Å²) in [5.74, 6) is -0.0895. The molecule has 0 saturated carbocycles. The number of para-hydroxylation sites is 1. The van der Waals surface area contributed by atoms with Gasteiger partial charge in [0.2, 0.25) is 5.91 Å². The van der Waals surface area contributed by atoms with Gasteiger partial charge in [-0.1, -0.05) is 18.2 Å². The summed E-state index contributed by atoms with van der Waals surface area (Å²) in [6.07, 6.45) is 1.86. The Hall–Kier alpha value is -2.08. The molecule has 3 amide bonds. The van der Waals surface area contributed by atoms with E-state index in [1.807, 2.05) is 18.2 Å². The van der Waals surface area contributed by atoms with Crippen LogP contribution in [0, 0.1) is 0 Å². The van der Waals surface area contributed by atoms with Gasteiger partial charge >= 0.3 is 6.03 Å². The molecule has 6 heteroatoms. The van der Waals surface area contributed by atoms with Crippen LogP contribution in [-0.2, 0) is 4.79 Å². The fourth-order valence-electron chi connectivity index (χ4n) is 2.43. The van der Waals surface area contributed by atoms with Crippen LogP contribution in [0.25, 0.3) is 0 Å². The zero-order chi connectivity index (χ0) is 15.2. The number of likely N-dealkylation sites (tertiary alicyclic amines) is 1. The average molecular weight is 290 g/mol. The molecule has 0 aromatic heterocycles. The number of urea groups is 1. The molecule has 1 saturated heterocycles. The maximum Gasteiger partial charge on any atom is 0.319 e. The standard InChI is InChI=1S/C15H22N4O2/c1-11(14(20)19-9-5-6-12(16)10-19)17-15(21)18-13-7-3-2-4-8-13/h2-4,7-8,11-12H,5-6,9-10,16H2,1H3,(H2,17,18,21). The zero-order valence-corrected chi connectivity index (χ0v) is 12.2. The van der Waals surface area contributed by atoms with E-state index in [1.165, 1.54) is 0 Å². The second-order valence-corrected chi connectivity index (χ2v) is 5.37. The molecule has 0 radical (unpaired) electrons. The smallest absolute Gasteiger partial charge is 0.319 e. The number of nitrogens with zero attached hydrogens (tertiary/aromatic N) is 1. The molecule has 0 bridgehead atoms. The number of benzene rings is 1. The summed E-state index contributed by atoms with van der Waals surface area (Å²) in [4.78, 5) is 25.8. The minimum atomic E-state index is -0.570. The van der Waals surface area contributed by atoms with Gasteiger partial charge < -0.3 is 21.3 Å². The molecule has 1 aromatic rings. The van der Waals surface area contributed by atoms with Crippen molar-refractivity contribution in [2.75, 3.05) is 18.4 Å². The maximum atomic E-state index is 12.3. The van der Waals surface area contributed by atoms with Crippen molar-refractivity contribution in [3.05, 3.63) is 30.3 Å². The molecule has 1 fully saturated rings. The third-order valence-corrected chi connectivity index (χ3v) is 3.52. The lowest BCUT2D eigenvalue weighted by molar-refractivity contribution is -0.133. The number of piperidine rings is 1. The van der Waals surface area contributed by atoms with Crippen molar-refractivity contribution in [2.45, 2.75) is 31.8 Å². The van der Waals surface area contributed by atoms with Crippen LogP contribution in [0.4, 0.5) is 10.5 Å². The van der Waals surface area contributed by atoms with Crippen LogP contribution in [-0.4, -0.2) is 42.0 Å². The molecule has 1 aliphatic rings. The Labute approximate surface area is 124 Å². The molecule has 21 heavy (non-hydrogen) atoms. The highest BCUT2D eigenvalue weighted by atomic mass is 16.2.